The van der Waals surface area contributed by atoms with Crippen LogP contribution in [0.4, 0.5) is 69.3 Å². The van der Waals surface area contributed by atoms with Crippen molar-refractivity contribution in [3.05, 3.63) is 291 Å². The monoisotopic (exact) mass is 2100 g/mol. The standard InChI is InChI=1S/C28H35N5O2.C28H33N5O2.C27H31N5O3.C17H23BO5.C16H20BrN5/c2*1-4-27(34)23-15-21(16-26(17-23)35-3)9-10-22-19-29-28(30-20-22)31-24-7-6-8-25(18-24)33-13-11-32(5-2)12-14-33;1-4-31-10-12-32(13-11-31)24-7-5-6-23(17-24)30-27-28-18-21(19-29-27)9-8-20-14-22(26(33)35-3)16-25(15-20)34-2;1-16(2)17(3,4)23-18(22-16)8-7-12-9-13(15(19)21-6)11-14(10-12)20-5;1-2-21-6-8-22(9-7-21)15-5-3-4-14(10-15)20-16-18-11-13(17)12-19-16/h6-8,15-20H,4-5,9-14H2,1-3H3,(H,29,30,31);6-10,15-20H,4-5,11-14H2,1-3H3,(H,29,30,31);5-9,14-19H,4,10-13H2,1-3H3,(H,28,29,30);7-11H,1-6H3;3-5,10-12H,2,6-9H2,1H3,(H,18,19,20)/b;10-9+;9-8+;8-7+;. The van der Waals surface area contributed by atoms with Gasteiger partial charge < -0.3 is 98.2 Å². The first-order chi connectivity index (χ1) is 72.6. The predicted molar refractivity (Wildman–Crippen MR) is 606 cm³/mol. The van der Waals surface area contributed by atoms with Crippen molar-refractivity contribution in [1.29, 1.82) is 0 Å². The molecule has 34 heteroatoms. The fraction of sp³-hybridized carbons (Fsp3) is 0.362. The summed E-state index contributed by atoms with van der Waals surface area (Å²) in [5, 5.41) is 13.2. The predicted octanol–water partition coefficient (Wildman–Crippen LogP) is 20.5. The summed E-state index contributed by atoms with van der Waals surface area (Å²) in [6.07, 6.45) is 26.2. The number of hydrogen-bond acceptors (Lipinski definition) is 32. The number of ketones is 2. The molecule has 5 aliphatic heterocycles. The van der Waals surface area contributed by atoms with E-state index in [-0.39, 0.29) is 22.8 Å². The smallest absolute Gasteiger partial charge is 0.487 e. The maximum absolute atomic E-state index is 12.1. The number of Topliss-reactive ketones (excluding diaryl/α,β-unsaturated/α-hetero) is 2. The number of nitrogens with one attached hydrogen (secondary N) is 4. The van der Waals surface area contributed by atoms with Crippen LogP contribution in [0, 0.1) is 0 Å². The van der Waals surface area contributed by atoms with Crippen molar-refractivity contribution in [3.8, 4) is 23.0 Å². The maximum atomic E-state index is 12.1. The first-order valence-corrected chi connectivity index (χ1v) is 52.1. The molecule has 0 spiro atoms. The molecule has 5 aliphatic rings. The zero-order valence-corrected chi connectivity index (χ0v) is 90.8. The number of anilines is 12. The molecule has 0 atom stereocenters. The van der Waals surface area contributed by atoms with Crippen molar-refractivity contribution in [3.63, 3.8) is 0 Å². The van der Waals surface area contributed by atoms with E-state index in [0.717, 1.165) is 210 Å². The largest absolute Gasteiger partial charge is 0.497 e. The van der Waals surface area contributed by atoms with Crippen LogP contribution in [0.3, 0.4) is 0 Å². The minimum atomic E-state index is -0.437. The number of methoxy groups -OCH3 is 6. The van der Waals surface area contributed by atoms with Crippen LogP contribution in [-0.4, -0.2) is 275 Å². The van der Waals surface area contributed by atoms with Gasteiger partial charge in [-0.2, -0.15) is 0 Å². The van der Waals surface area contributed by atoms with E-state index in [0.29, 0.717) is 81.9 Å². The van der Waals surface area contributed by atoms with Gasteiger partial charge in [0.2, 0.25) is 23.8 Å². The van der Waals surface area contributed by atoms with E-state index in [4.69, 9.17) is 37.7 Å². The summed E-state index contributed by atoms with van der Waals surface area (Å²) >= 11 is 3.34. The molecular formula is C116H142BBrN20O12. The van der Waals surface area contributed by atoms with E-state index in [1.807, 2.05) is 151 Å². The van der Waals surface area contributed by atoms with Gasteiger partial charge in [0.05, 0.1) is 69.5 Å². The van der Waals surface area contributed by atoms with Gasteiger partial charge in [-0.1, -0.05) is 102 Å². The quantitative estimate of drug-likeness (QED) is 0.0163. The lowest BCUT2D eigenvalue weighted by molar-refractivity contribution is 0.00578. The van der Waals surface area contributed by atoms with Gasteiger partial charge in [0.25, 0.3) is 0 Å². The molecule has 5 fully saturated rings. The summed E-state index contributed by atoms with van der Waals surface area (Å²) in [5.74, 6) is 6.02. The Hall–Kier alpha value is -14.5. The molecule has 12 aromatic rings. The molecule has 4 aromatic heterocycles. The second kappa shape index (κ2) is 56.2. The number of carbonyl (C=O) groups excluding carboxylic acids is 4. The third-order valence-corrected chi connectivity index (χ3v) is 27.4. The lowest BCUT2D eigenvalue weighted by Crippen LogP contribution is -2.46. The number of aromatic nitrogens is 8. The van der Waals surface area contributed by atoms with Crippen LogP contribution in [-0.2, 0) is 31.6 Å². The Labute approximate surface area is 891 Å². The van der Waals surface area contributed by atoms with Crippen molar-refractivity contribution >= 4 is 146 Å². The van der Waals surface area contributed by atoms with E-state index in [9.17, 15) is 19.2 Å². The molecule has 0 saturated carbocycles. The molecule has 150 heavy (non-hydrogen) atoms. The number of halogens is 1. The number of esters is 2. The van der Waals surface area contributed by atoms with Crippen molar-refractivity contribution in [2.24, 2.45) is 0 Å². The number of ether oxygens (including phenoxy) is 6. The Bertz CT molecular complexity index is 6270. The molecule has 5 saturated heterocycles. The van der Waals surface area contributed by atoms with Gasteiger partial charge in [-0.15, -0.1) is 0 Å². The van der Waals surface area contributed by atoms with E-state index in [1.54, 1.807) is 102 Å². The van der Waals surface area contributed by atoms with Gasteiger partial charge in [0, 0.05) is 235 Å². The highest BCUT2D eigenvalue weighted by Crippen LogP contribution is 2.38. The first-order valence-electron chi connectivity index (χ1n) is 51.3. The van der Waals surface area contributed by atoms with E-state index in [1.165, 1.54) is 37.0 Å². The summed E-state index contributed by atoms with van der Waals surface area (Å²) in [5.41, 5.74) is 16.6. The molecule has 0 radical (unpaired) electrons. The van der Waals surface area contributed by atoms with Crippen LogP contribution in [0.5, 0.6) is 23.0 Å². The summed E-state index contributed by atoms with van der Waals surface area (Å²) in [4.78, 5) is 103. The average molecular weight is 2100 g/mol. The fourth-order valence-electron chi connectivity index (χ4n) is 17.3. The number of nitrogens with zero attached hydrogens (tertiary/aromatic N) is 16. The molecule has 0 amide bonds. The number of benzene rings is 8. The van der Waals surface area contributed by atoms with E-state index < -0.39 is 19.1 Å². The normalized spacial score (nSPS) is 15.2. The lowest BCUT2D eigenvalue weighted by atomic mass is 9.89. The highest BCUT2D eigenvalue weighted by atomic mass is 79.9. The highest BCUT2D eigenvalue weighted by Gasteiger charge is 2.50. The van der Waals surface area contributed by atoms with Gasteiger partial charge in [-0.05, 0) is 256 Å². The summed E-state index contributed by atoms with van der Waals surface area (Å²) < 4.78 is 43.5. The van der Waals surface area contributed by atoms with Crippen molar-refractivity contribution in [2.75, 3.05) is 214 Å². The number of hydrogen-bond donors (Lipinski definition) is 4. The fourth-order valence-corrected chi connectivity index (χ4v) is 17.5. The molecule has 0 bridgehead atoms. The number of aryl methyl sites for hydroxylation is 2. The van der Waals surface area contributed by atoms with Crippen LogP contribution < -0.4 is 59.8 Å². The van der Waals surface area contributed by atoms with Crippen molar-refractivity contribution in [1.82, 2.24) is 59.5 Å². The Balaban J connectivity index is 0.000000158. The zero-order valence-electron chi connectivity index (χ0n) is 89.2. The molecule has 32 nitrogen and oxygen atoms in total. The number of piperazine rings is 4. The van der Waals surface area contributed by atoms with Crippen LogP contribution in [0.25, 0.3) is 30.4 Å². The minimum Gasteiger partial charge on any atom is -0.497 e. The summed E-state index contributed by atoms with van der Waals surface area (Å²) in [7, 11) is 8.61. The summed E-state index contributed by atoms with van der Waals surface area (Å²) in [6, 6.07) is 55.3. The summed E-state index contributed by atoms with van der Waals surface area (Å²) in [6.45, 7) is 42.3. The molecule has 788 valence electrons. The molecule has 4 N–H and O–H groups in total. The third kappa shape index (κ3) is 33.5. The van der Waals surface area contributed by atoms with Gasteiger partial charge in [-0.25, -0.2) is 49.5 Å². The first kappa shape index (κ1) is 113. The highest BCUT2D eigenvalue weighted by molar-refractivity contribution is 9.10. The molecule has 0 aliphatic carbocycles. The Morgan fingerprint density at radius 2 is 0.613 bits per heavy atom. The minimum absolute atomic E-state index is 0.0876. The molecular weight excluding hydrogens is 1960 g/mol. The number of rotatable bonds is 35. The molecule has 8 aromatic carbocycles. The third-order valence-electron chi connectivity index (χ3n) is 27.0. The van der Waals surface area contributed by atoms with E-state index >= 15 is 0 Å². The van der Waals surface area contributed by atoms with Gasteiger partial charge >= 0.3 is 19.1 Å². The number of likely N-dealkylation sites (N-methyl/N-ethyl adjacent to an activating group) is 4. The average Bonchev–Trinajstić information content (AvgIpc) is 1.63. The van der Waals surface area contributed by atoms with Crippen LogP contribution in [0.1, 0.15) is 162 Å². The molecule has 17 rings (SSSR count). The second-order valence-electron chi connectivity index (χ2n) is 37.4. The van der Waals surface area contributed by atoms with Crippen molar-refractivity contribution in [2.45, 2.75) is 106 Å². The van der Waals surface area contributed by atoms with E-state index in [2.05, 4.69) is 217 Å². The number of carbonyl (C=O) groups is 4. The van der Waals surface area contributed by atoms with Gasteiger partial charge in [-0.3, -0.25) is 9.59 Å². The van der Waals surface area contributed by atoms with Gasteiger partial charge in [0.1, 0.15) is 23.0 Å². The lowest BCUT2D eigenvalue weighted by Gasteiger charge is -2.35. The van der Waals surface area contributed by atoms with Crippen molar-refractivity contribution < 1.29 is 56.9 Å². The van der Waals surface area contributed by atoms with Gasteiger partial charge in [0.15, 0.2) is 11.6 Å². The zero-order chi connectivity index (χ0) is 106. The Morgan fingerprint density at radius 1 is 0.333 bits per heavy atom. The Kier molecular flexibility index (Phi) is 42.2. The van der Waals surface area contributed by atoms with Crippen LogP contribution in [0.2, 0.25) is 0 Å². The topological polar surface area (TPSA) is 319 Å². The molecule has 9 heterocycles. The SMILES string of the molecule is CCC(=O)c1cc(/C=C/c2cnc(Nc3cccc(N4CCN(CC)CC4)c3)nc2)cc(OC)c1.CCC(=O)c1cc(CCc2cnc(Nc3cccc(N4CCN(CC)CC4)c3)nc2)cc(OC)c1.CCN1CCN(c2cccc(Nc3ncc(/C=C/c4cc(OC)cc(C(=O)OC)c4)cn3)c2)CC1.CCN1CCN(c2cccc(Nc3ncc(Br)cn3)c2)CC1.COC(=O)c1cc(/C=C/B2OC(C)(C)C(C)(C)O2)cc(OC)c1. The van der Waals surface area contributed by atoms with Crippen LogP contribution in [0.15, 0.2) is 230 Å². The second-order valence-corrected chi connectivity index (χ2v) is 38.4. The maximum Gasteiger partial charge on any atom is 0.487 e. The molecule has 0 unspecified atom stereocenters. The van der Waals surface area contributed by atoms with Crippen LogP contribution >= 0.6 is 15.9 Å². The Morgan fingerprint density at radius 3 is 0.927 bits per heavy atom.